The summed E-state index contributed by atoms with van der Waals surface area (Å²) in [6.45, 7) is 10.1. The summed E-state index contributed by atoms with van der Waals surface area (Å²) >= 11 is 0. The van der Waals surface area contributed by atoms with Crippen molar-refractivity contribution >= 4 is 0 Å². The molecule has 114 valence electrons. The van der Waals surface area contributed by atoms with Gasteiger partial charge in [-0.25, -0.2) is 0 Å². The van der Waals surface area contributed by atoms with E-state index >= 15 is 0 Å². The average molecular weight is 278 g/mol. The molecule has 0 spiro atoms. The first kappa shape index (κ1) is 17.0. The minimum atomic E-state index is 0.591. The van der Waals surface area contributed by atoms with Crippen LogP contribution in [0, 0.1) is 0 Å². The highest BCUT2D eigenvalue weighted by Crippen LogP contribution is 2.18. The molecule has 0 unspecified atom stereocenters. The van der Waals surface area contributed by atoms with Crippen LogP contribution in [0.3, 0.4) is 0 Å². The van der Waals surface area contributed by atoms with Gasteiger partial charge in [0, 0.05) is 0 Å². The van der Waals surface area contributed by atoms with Crippen LogP contribution in [0.15, 0.2) is 24.3 Å². The smallest absolute Gasteiger partial charge is 0.119 e. The molecule has 0 heterocycles. The van der Waals surface area contributed by atoms with Crippen molar-refractivity contribution in [1.82, 2.24) is 0 Å². The molecule has 0 radical (unpaired) electrons. The monoisotopic (exact) mass is 278 g/mol. The zero-order valence-electron chi connectivity index (χ0n) is 13.5. The topological polar surface area (TPSA) is 25.8 Å². The van der Waals surface area contributed by atoms with E-state index in [4.69, 9.17) is 4.74 Å². The first-order valence-corrected chi connectivity index (χ1v) is 8.28. The number of unbranched alkanes of at least 4 members (excludes halogenated alkanes) is 3. The molecule has 0 aliphatic carbocycles. The molecule has 1 aromatic rings. The van der Waals surface area contributed by atoms with Crippen molar-refractivity contribution in [2.75, 3.05) is 19.7 Å². The van der Waals surface area contributed by atoms with Crippen molar-refractivity contribution in [3.63, 3.8) is 0 Å². The van der Waals surface area contributed by atoms with Crippen LogP contribution in [0.2, 0.25) is 0 Å². The molecule has 0 atom stereocenters. The number of ether oxygens (including phenoxy) is 1. The second kappa shape index (κ2) is 10.7. The number of hydrogen-bond acceptors (Lipinski definition) is 1. The van der Waals surface area contributed by atoms with Crippen LogP contribution in [0.4, 0.5) is 0 Å². The molecule has 0 saturated carbocycles. The lowest BCUT2D eigenvalue weighted by Crippen LogP contribution is -2.84. The van der Waals surface area contributed by atoms with Gasteiger partial charge >= 0.3 is 0 Å². The fourth-order valence-electron chi connectivity index (χ4n) is 2.20. The normalized spacial score (nSPS) is 11.0. The molecule has 0 aliphatic heterocycles. The molecule has 2 nitrogen and oxygen atoms in total. The Balaban J connectivity index is 2.01. The van der Waals surface area contributed by atoms with Gasteiger partial charge in [-0.1, -0.05) is 39.3 Å². The Labute approximate surface area is 124 Å². The van der Waals surface area contributed by atoms with E-state index in [-0.39, 0.29) is 0 Å². The van der Waals surface area contributed by atoms with Crippen LogP contribution in [0.1, 0.15) is 64.4 Å². The van der Waals surface area contributed by atoms with Crippen LogP contribution >= 0.6 is 0 Å². The van der Waals surface area contributed by atoms with Crippen LogP contribution in [-0.4, -0.2) is 19.7 Å². The fourth-order valence-corrected chi connectivity index (χ4v) is 2.20. The minimum absolute atomic E-state index is 0.591. The molecule has 2 N–H and O–H groups in total. The Morgan fingerprint density at radius 2 is 1.65 bits per heavy atom. The van der Waals surface area contributed by atoms with Crippen molar-refractivity contribution < 1.29 is 10.1 Å². The van der Waals surface area contributed by atoms with Crippen molar-refractivity contribution in [1.29, 1.82) is 0 Å². The van der Waals surface area contributed by atoms with E-state index < -0.39 is 0 Å². The van der Waals surface area contributed by atoms with E-state index in [2.05, 4.69) is 50.4 Å². The van der Waals surface area contributed by atoms with Gasteiger partial charge < -0.3 is 10.1 Å². The largest absolute Gasteiger partial charge is 0.494 e. The van der Waals surface area contributed by atoms with Gasteiger partial charge in [0.1, 0.15) is 5.75 Å². The molecule has 0 saturated heterocycles. The van der Waals surface area contributed by atoms with E-state index in [0.29, 0.717) is 5.92 Å². The summed E-state index contributed by atoms with van der Waals surface area (Å²) in [7, 11) is 0. The molecule has 0 aromatic heterocycles. The predicted molar refractivity (Wildman–Crippen MR) is 86.4 cm³/mol. The van der Waals surface area contributed by atoms with Crippen molar-refractivity contribution in [3.8, 4) is 5.75 Å². The Morgan fingerprint density at radius 1 is 0.950 bits per heavy atom. The maximum Gasteiger partial charge on any atom is 0.119 e. The second-order valence-corrected chi connectivity index (χ2v) is 5.85. The standard InChI is InChI=1S/C18H31NO/c1-4-5-13-19-14-7-6-8-15-20-18-11-9-17(10-12-18)16(2)3/h9-12,16,19H,4-8,13-15H2,1-3H3/p+1. The van der Waals surface area contributed by atoms with Gasteiger partial charge in [-0.15, -0.1) is 0 Å². The zero-order valence-corrected chi connectivity index (χ0v) is 13.5. The first-order valence-electron chi connectivity index (χ1n) is 8.28. The SMILES string of the molecule is CCCC[NH2+]CCCCCOc1ccc(C(C)C)cc1. The Bertz CT molecular complexity index is 332. The summed E-state index contributed by atoms with van der Waals surface area (Å²) in [5.41, 5.74) is 1.37. The molecule has 1 rings (SSSR count). The fraction of sp³-hybridized carbons (Fsp3) is 0.667. The van der Waals surface area contributed by atoms with E-state index in [1.54, 1.807) is 0 Å². The molecule has 0 amide bonds. The summed E-state index contributed by atoms with van der Waals surface area (Å²) in [4.78, 5) is 0. The lowest BCUT2D eigenvalue weighted by Gasteiger charge is -2.08. The van der Waals surface area contributed by atoms with Crippen LogP contribution in [-0.2, 0) is 0 Å². The number of rotatable bonds is 11. The van der Waals surface area contributed by atoms with Gasteiger partial charge in [0.25, 0.3) is 0 Å². The lowest BCUT2D eigenvalue weighted by molar-refractivity contribution is -0.655. The van der Waals surface area contributed by atoms with Crippen molar-refractivity contribution in [2.45, 2.75) is 58.8 Å². The molecular weight excluding hydrogens is 246 g/mol. The van der Waals surface area contributed by atoms with Crippen LogP contribution < -0.4 is 10.1 Å². The maximum atomic E-state index is 5.78. The van der Waals surface area contributed by atoms with E-state index in [1.165, 1.54) is 44.3 Å². The molecule has 0 aliphatic rings. The maximum absolute atomic E-state index is 5.78. The average Bonchev–Trinajstić information content (AvgIpc) is 2.46. The first-order chi connectivity index (χ1) is 9.74. The summed E-state index contributed by atoms with van der Waals surface area (Å²) in [5, 5.41) is 2.44. The van der Waals surface area contributed by atoms with Gasteiger partial charge in [-0.05, 0) is 49.3 Å². The molecule has 0 bridgehead atoms. The van der Waals surface area contributed by atoms with Crippen LogP contribution in [0.5, 0.6) is 5.75 Å². The molecule has 2 heteroatoms. The summed E-state index contributed by atoms with van der Waals surface area (Å²) < 4.78 is 5.78. The van der Waals surface area contributed by atoms with Gasteiger partial charge in [0.2, 0.25) is 0 Å². The van der Waals surface area contributed by atoms with E-state index in [9.17, 15) is 0 Å². The Hall–Kier alpha value is -1.02. The van der Waals surface area contributed by atoms with Crippen molar-refractivity contribution in [2.24, 2.45) is 0 Å². The number of nitrogens with two attached hydrogens (primary N) is 1. The van der Waals surface area contributed by atoms with Gasteiger partial charge in [-0.3, -0.25) is 0 Å². The van der Waals surface area contributed by atoms with Crippen molar-refractivity contribution in [3.05, 3.63) is 29.8 Å². The minimum Gasteiger partial charge on any atom is -0.494 e. The number of quaternary nitrogens is 1. The highest BCUT2D eigenvalue weighted by atomic mass is 16.5. The quantitative estimate of drug-likeness (QED) is 0.613. The second-order valence-electron chi connectivity index (χ2n) is 5.85. The Morgan fingerprint density at radius 3 is 2.30 bits per heavy atom. The molecular formula is C18H32NO+. The van der Waals surface area contributed by atoms with E-state index in [0.717, 1.165) is 18.8 Å². The third-order valence-electron chi connectivity index (χ3n) is 3.63. The zero-order chi connectivity index (χ0) is 14.6. The Kier molecular flexibility index (Phi) is 9.14. The van der Waals surface area contributed by atoms with Gasteiger partial charge in [0.15, 0.2) is 0 Å². The van der Waals surface area contributed by atoms with E-state index in [1.807, 2.05) is 0 Å². The lowest BCUT2D eigenvalue weighted by atomic mass is 10.0. The molecule has 0 fully saturated rings. The molecule has 1 aromatic carbocycles. The third-order valence-corrected chi connectivity index (χ3v) is 3.63. The number of hydrogen-bond donors (Lipinski definition) is 1. The highest BCUT2D eigenvalue weighted by Gasteiger charge is 1.99. The highest BCUT2D eigenvalue weighted by molar-refractivity contribution is 5.28. The third kappa shape index (κ3) is 7.54. The van der Waals surface area contributed by atoms with Crippen LogP contribution in [0.25, 0.3) is 0 Å². The number of benzene rings is 1. The van der Waals surface area contributed by atoms with Gasteiger partial charge in [-0.2, -0.15) is 0 Å². The molecule has 20 heavy (non-hydrogen) atoms. The van der Waals surface area contributed by atoms with Gasteiger partial charge in [0.05, 0.1) is 19.7 Å². The summed E-state index contributed by atoms with van der Waals surface area (Å²) in [5.74, 6) is 1.59. The summed E-state index contributed by atoms with van der Waals surface area (Å²) in [6, 6.07) is 8.52. The predicted octanol–water partition coefficient (Wildman–Crippen LogP) is 3.72. The summed E-state index contributed by atoms with van der Waals surface area (Å²) in [6.07, 6.45) is 6.38.